The van der Waals surface area contributed by atoms with Crippen LogP contribution in [0.4, 0.5) is 11.4 Å². The summed E-state index contributed by atoms with van der Waals surface area (Å²) in [6.07, 6.45) is -1.21. The van der Waals surface area contributed by atoms with Crippen LogP contribution in [-0.4, -0.2) is 38.9 Å². The SMILES string of the molecule is O=C(OCc1ccc([N+](=O)[O-])cc1)[C@H]1C(c2ccc([N+](=O)[O-])cc2)O[C@@H]2CC(=O)N21. The Labute approximate surface area is 169 Å². The van der Waals surface area contributed by atoms with Crippen molar-refractivity contribution in [2.45, 2.75) is 31.4 Å². The number of nitro benzene ring substituents is 2. The van der Waals surface area contributed by atoms with E-state index in [0.29, 0.717) is 11.1 Å². The van der Waals surface area contributed by atoms with E-state index in [4.69, 9.17) is 9.47 Å². The second kappa shape index (κ2) is 7.52. The van der Waals surface area contributed by atoms with Gasteiger partial charge in [0.1, 0.15) is 18.9 Å². The summed E-state index contributed by atoms with van der Waals surface area (Å²) in [6, 6.07) is 10.1. The molecule has 11 heteroatoms. The van der Waals surface area contributed by atoms with Crippen molar-refractivity contribution in [3.8, 4) is 0 Å². The van der Waals surface area contributed by atoms with Crippen molar-refractivity contribution in [2.24, 2.45) is 0 Å². The van der Waals surface area contributed by atoms with Crippen LogP contribution in [0.3, 0.4) is 0 Å². The van der Waals surface area contributed by atoms with Crippen LogP contribution in [0.5, 0.6) is 0 Å². The fraction of sp³-hybridized carbons (Fsp3) is 0.263. The first kappa shape index (κ1) is 19.5. The van der Waals surface area contributed by atoms with E-state index < -0.39 is 34.2 Å². The van der Waals surface area contributed by atoms with E-state index in [1.165, 1.54) is 53.4 Å². The van der Waals surface area contributed by atoms with Crippen LogP contribution in [0.1, 0.15) is 23.7 Å². The fourth-order valence-corrected chi connectivity index (χ4v) is 3.48. The highest BCUT2D eigenvalue weighted by Gasteiger charge is 2.56. The lowest BCUT2D eigenvalue weighted by atomic mass is 10.00. The highest BCUT2D eigenvalue weighted by Crippen LogP contribution is 2.42. The Balaban J connectivity index is 1.50. The van der Waals surface area contributed by atoms with Crippen molar-refractivity contribution in [3.05, 3.63) is 79.9 Å². The van der Waals surface area contributed by atoms with Crippen molar-refractivity contribution in [1.29, 1.82) is 0 Å². The number of β-lactam (4-membered cyclic amide) rings is 1. The number of benzene rings is 2. The number of esters is 1. The number of carbonyl (C=O) groups excluding carboxylic acids is 2. The molecule has 2 saturated heterocycles. The fourth-order valence-electron chi connectivity index (χ4n) is 3.48. The summed E-state index contributed by atoms with van der Waals surface area (Å²) in [5.41, 5.74) is 0.876. The molecule has 4 rings (SSSR count). The Morgan fingerprint density at radius 2 is 1.60 bits per heavy atom. The zero-order chi connectivity index (χ0) is 21.4. The molecule has 2 aliphatic heterocycles. The van der Waals surface area contributed by atoms with Crippen LogP contribution < -0.4 is 0 Å². The number of non-ortho nitro benzene ring substituents is 2. The van der Waals surface area contributed by atoms with Crippen LogP contribution in [0.25, 0.3) is 0 Å². The molecule has 154 valence electrons. The van der Waals surface area contributed by atoms with Gasteiger partial charge in [-0.1, -0.05) is 0 Å². The topological polar surface area (TPSA) is 142 Å². The molecule has 1 amide bonds. The maximum atomic E-state index is 12.8. The lowest BCUT2D eigenvalue weighted by molar-refractivity contribution is -0.385. The predicted octanol–water partition coefficient (Wildman–Crippen LogP) is 2.24. The van der Waals surface area contributed by atoms with Gasteiger partial charge in [0.05, 0.1) is 16.3 Å². The average molecular weight is 413 g/mol. The molecule has 0 bridgehead atoms. The monoisotopic (exact) mass is 413 g/mol. The molecule has 0 spiro atoms. The first-order valence-electron chi connectivity index (χ1n) is 8.96. The number of fused-ring (bicyclic) bond motifs is 1. The quantitative estimate of drug-likeness (QED) is 0.304. The number of hydrogen-bond acceptors (Lipinski definition) is 8. The van der Waals surface area contributed by atoms with Gasteiger partial charge in [-0.3, -0.25) is 29.9 Å². The molecule has 0 saturated carbocycles. The Morgan fingerprint density at radius 1 is 1.03 bits per heavy atom. The lowest BCUT2D eigenvalue weighted by Gasteiger charge is -2.35. The molecule has 1 unspecified atom stereocenters. The molecule has 0 aromatic heterocycles. The van der Waals surface area contributed by atoms with E-state index in [2.05, 4.69) is 0 Å². The van der Waals surface area contributed by atoms with Crippen LogP contribution in [-0.2, 0) is 25.7 Å². The number of nitro groups is 2. The van der Waals surface area contributed by atoms with Crippen molar-refractivity contribution < 1.29 is 28.9 Å². The minimum atomic E-state index is -1.02. The molecule has 2 heterocycles. The normalized spacial score (nSPS) is 22.2. The molecular weight excluding hydrogens is 398 g/mol. The molecule has 0 aliphatic carbocycles. The van der Waals surface area contributed by atoms with E-state index in [0.717, 1.165) is 0 Å². The Hall–Kier alpha value is -3.86. The summed E-state index contributed by atoms with van der Waals surface area (Å²) >= 11 is 0. The molecule has 2 aromatic carbocycles. The maximum Gasteiger partial charge on any atom is 0.332 e. The highest BCUT2D eigenvalue weighted by atomic mass is 16.6. The van der Waals surface area contributed by atoms with Crippen molar-refractivity contribution >= 4 is 23.3 Å². The summed E-state index contributed by atoms with van der Waals surface area (Å²) in [5.74, 6) is -0.936. The zero-order valence-electron chi connectivity index (χ0n) is 15.4. The van der Waals surface area contributed by atoms with E-state index >= 15 is 0 Å². The minimum Gasteiger partial charge on any atom is -0.459 e. The molecule has 2 aliphatic rings. The Bertz CT molecular complexity index is 1020. The van der Waals surface area contributed by atoms with Crippen molar-refractivity contribution in [1.82, 2.24) is 4.90 Å². The van der Waals surface area contributed by atoms with Gasteiger partial charge < -0.3 is 9.47 Å². The number of amides is 1. The lowest BCUT2D eigenvalue weighted by Crippen LogP contribution is -2.55. The summed E-state index contributed by atoms with van der Waals surface area (Å²) in [6.45, 7) is -0.132. The highest BCUT2D eigenvalue weighted by molar-refractivity contribution is 5.90. The van der Waals surface area contributed by atoms with Crippen LogP contribution >= 0.6 is 0 Å². The second-order valence-corrected chi connectivity index (χ2v) is 6.84. The maximum absolute atomic E-state index is 12.8. The van der Waals surface area contributed by atoms with Gasteiger partial charge in [-0.25, -0.2) is 4.79 Å². The molecule has 0 radical (unpaired) electrons. The number of carbonyl (C=O) groups is 2. The smallest absolute Gasteiger partial charge is 0.332 e. The Kier molecular flexibility index (Phi) is 4.88. The van der Waals surface area contributed by atoms with Gasteiger partial charge in [0.25, 0.3) is 11.4 Å². The number of nitrogens with zero attached hydrogens (tertiary/aromatic N) is 3. The summed E-state index contributed by atoms with van der Waals surface area (Å²) < 4.78 is 11.1. The summed E-state index contributed by atoms with van der Waals surface area (Å²) in [7, 11) is 0. The third-order valence-corrected chi connectivity index (χ3v) is 5.04. The first-order chi connectivity index (χ1) is 14.3. The van der Waals surface area contributed by atoms with Gasteiger partial charge in [-0.15, -0.1) is 0 Å². The standard InChI is InChI=1S/C19H15N3O8/c23-15-9-16-20(15)17(18(30-16)12-3-7-14(8-4-12)22(27)28)19(24)29-10-11-1-5-13(6-2-11)21(25)26/h1-8,16-18H,9-10H2/t16-,17-,18?/m1/s1. The molecule has 3 atom stereocenters. The van der Waals surface area contributed by atoms with E-state index in [9.17, 15) is 29.8 Å². The predicted molar refractivity (Wildman–Crippen MR) is 98.9 cm³/mol. The van der Waals surface area contributed by atoms with Gasteiger partial charge in [-0.05, 0) is 35.4 Å². The van der Waals surface area contributed by atoms with Gasteiger partial charge in [0.15, 0.2) is 6.04 Å². The minimum absolute atomic E-state index is 0.0819. The number of ether oxygens (including phenoxy) is 2. The van der Waals surface area contributed by atoms with Crippen LogP contribution in [0.15, 0.2) is 48.5 Å². The zero-order valence-corrected chi connectivity index (χ0v) is 15.4. The molecule has 0 N–H and O–H groups in total. The van der Waals surface area contributed by atoms with Gasteiger partial charge in [0.2, 0.25) is 5.91 Å². The van der Waals surface area contributed by atoms with E-state index in [1.807, 2.05) is 0 Å². The average Bonchev–Trinajstić information content (AvgIpc) is 3.05. The van der Waals surface area contributed by atoms with E-state index in [-0.39, 0.29) is 30.3 Å². The molecule has 30 heavy (non-hydrogen) atoms. The number of hydrogen-bond donors (Lipinski definition) is 0. The summed E-state index contributed by atoms with van der Waals surface area (Å²) in [4.78, 5) is 46.6. The summed E-state index contributed by atoms with van der Waals surface area (Å²) in [5, 5.41) is 21.6. The largest absolute Gasteiger partial charge is 0.459 e. The Morgan fingerprint density at radius 3 is 2.13 bits per heavy atom. The second-order valence-electron chi connectivity index (χ2n) is 6.84. The third kappa shape index (κ3) is 3.46. The third-order valence-electron chi connectivity index (χ3n) is 5.04. The van der Waals surface area contributed by atoms with Crippen molar-refractivity contribution in [3.63, 3.8) is 0 Å². The van der Waals surface area contributed by atoms with Crippen molar-refractivity contribution in [2.75, 3.05) is 0 Å². The molecule has 2 fully saturated rings. The van der Waals surface area contributed by atoms with Gasteiger partial charge in [0, 0.05) is 24.3 Å². The van der Waals surface area contributed by atoms with Gasteiger partial charge >= 0.3 is 5.97 Å². The number of rotatable bonds is 6. The molecular formula is C19H15N3O8. The van der Waals surface area contributed by atoms with Crippen LogP contribution in [0.2, 0.25) is 0 Å². The van der Waals surface area contributed by atoms with Gasteiger partial charge in [-0.2, -0.15) is 0 Å². The van der Waals surface area contributed by atoms with Crippen LogP contribution in [0, 0.1) is 20.2 Å². The van der Waals surface area contributed by atoms with E-state index in [1.54, 1.807) is 0 Å². The first-order valence-corrected chi connectivity index (χ1v) is 8.96. The molecule has 11 nitrogen and oxygen atoms in total. The molecule has 2 aromatic rings.